The smallest absolute Gasteiger partial charge is 0.261 e. The molecule has 4 rings (SSSR count). The molecule has 4 nitrogen and oxygen atoms in total. The van der Waals surface area contributed by atoms with E-state index < -0.39 is 0 Å². The van der Waals surface area contributed by atoms with E-state index >= 15 is 0 Å². The number of aryl methyl sites for hydroxylation is 1. The SMILES string of the molecule is Cc1ccc(CNC(=O)c2ccc(N3CC(C)Sc4ccccc43)s2)o1. The lowest BCUT2D eigenvalue weighted by Gasteiger charge is -2.33. The Hall–Kier alpha value is -2.18. The van der Waals surface area contributed by atoms with E-state index in [0.717, 1.165) is 23.1 Å². The number of anilines is 2. The zero-order valence-corrected chi connectivity index (χ0v) is 16.3. The molecule has 2 aromatic heterocycles. The number of amides is 1. The van der Waals surface area contributed by atoms with E-state index in [1.807, 2.05) is 43.0 Å². The number of furan rings is 1. The lowest BCUT2D eigenvalue weighted by molar-refractivity contribution is 0.0952. The largest absolute Gasteiger partial charge is 0.465 e. The molecule has 1 amide bonds. The van der Waals surface area contributed by atoms with E-state index in [1.54, 1.807) is 0 Å². The summed E-state index contributed by atoms with van der Waals surface area (Å²) < 4.78 is 5.50. The van der Waals surface area contributed by atoms with Gasteiger partial charge in [-0.15, -0.1) is 23.1 Å². The molecule has 3 aromatic rings. The molecule has 0 spiro atoms. The Bertz CT molecular complexity index is 931. The summed E-state index contributed by atoms with van der Waals surface area (Å²) in [6, 6.07) is 16.2. The van der Waals surface area contributed by atoms with E-state index in [9.17, 15) is 4.79 Å². The van der Waals surface area contributed by atoms with Gasteiger partial charge in [0.25, 0.3) is 5.91 Å². The zero-order chi connectivity index (χ0) is 18.1. The number of rotatable bonds is 4. The van der Waals surface area contributed by atoms with Gasteiger partial charge in [0.05, 0.1) is 22.1 Å². The van der Waals surface area contributed by atoms with Crippen molar-refractivity contribution in [1.29, 1.82) is 0 Å². The van der Waals surface area contributed by atoms with Crippen LogP contribution in [0.1, 0.15) is 28.1 Å². The van der Waals surface area contributed by atoms with Crippen LogP contribution in [0.5, 0.6) is 0 Å². The average molecular weight is 385 g/mol. The van der Waals surface area contributed by atoms with Crippen LogP contribution in [0.15, 0.2) is 57.8 Å². The van der Waals surface area contributed by atoms with Crippen LogP contribution in [-0.2, 0) is 6.54 Å². The van der Waals surface area contributed by atoms with Crippen LogP contribution in [0, 0.1) is 6.92 Å². The Balaban J connectivity index is 1.50. The lowest BCUT2D eigenvalue weighted by atomic mass is 10.2. The minimum absolute atomic E-state index is 0.0666. The van der Waals surface area contributed by atoms with Crippen molar-refractivity contribution in [2.45, 2.75) is 30.5 Å². The molecule has 0 aliphatic carbocycles. The van der Waals surface area contributed by atoms with Crippen LogP contribution in [0.25, 0.3) is 0 Å². The fraction of sp³-hybridized carbons (Fsp3) is 0.250. The summed E-state index contributed by atoms with van der Waals surface area (Å²) in [6.45, 7) is 5.47. The molecule has 1 atom stereocenters. The van der Waals surface area contributed by atoms with E-state index in [-0.39, 0.29) is 5.91 Å². The van der Waals surface area contributed by atoms with Crippen LogP contribution < -0.4 is 10.2 Å². The third-order valence-corrected chi connectivity index (χ3v) is 6.48. The van der Waals surface area contributed by atoms with Crippen LogP contribution in [-0.4, -0.2) is 17.7 Å². The number of thioether (sulfide) groups is 1. The monoisotopic (exact) mass is 384 g/mol. The van der Waals surface area contributed by atoms with Gasteiger partial charge in [-0.2, -0.15) is 0 Å². The molecule has 1 aliphatic rings. The van der Waals surface area contributed by atoms with E-state index in [4.69, 9.17) is 4.42 Å². The van der Waals surface area contributed by atoms with Crippen molar-refractivity contribution in [2.24, 2.45) is 0 Å². The van der Waals surface area contributed by atoms with Crippen LogP contribution >= 0.6 is 23.1 Å². The molecule has 0 radical (unpaired) electrons. The van der Waals surface area contributed by atoms with Gasteiger partial charge >= 0.3 is 0 Å². The Morgan fingerprint density at radius 2 is 2.08 bits per heavy atom. The Kier molecular flexibility index (Phi) is 4.78. The summed E-state index contributed by atoms with van der Waals surface area (Å²) in [7, 11) is 0. The minimum Gasteiger partial charge on any atom is -0.465 e. The molecule has 0 saturated carbocycles. The van der Waals surface area contributed by atoms with E-state index in [2.05, 4.69) is 41.4 Å². The predicted octanol–water partition coefficient (Wildman–Crippen LogP) is 5.21. The van der Waals surface area contributed by atoms with Gasteiger partial charge in [0.1, 0.15) is 11.5 Å². The molecule has 0 fully saturated rings. The molecular weight excluding hydrogens is 364 g/mol. The van der Waals surface area contributed by atoms with Crippen molar-refractivity contribution in [3.63, 3.8) is 0 Å². The molecule has 1 aliphatic heterocycles. The molecule has 3 heterocycles. The normalized spacial score (nSPS) is 16.4. The van der Waals surface area contributed by atoms with Gasteiger partial charge in [0.2, 0.25) is 0 Å². The number of carbonyl (C=O) groups excluding carboxylic acids is 1. The Morgan fingerprint density at radius 3 is 2.88 bits per heavy atom. The van der Waals surface area contributed by atoms with E-state index in [0.29, 0.717) is 16.7 Å². The average Bonchev–Trinajstić information content (AvgIpc) is 3.28. The fourth-order valence-corrected chi connectivity index (χ4v) is 5.09. The van der Waals surface area contributed by atoms with Gasteiger partial charge in [-0.05, 0) is 43.3 Å². The van der Waals surface area contributed by atoms with Gasteiger partial charge in [-0.1, -0.05) is 19.1 Å². The molecule has 6 heteroatoms. The number of carbonyl (C=O) groups is 1. The maximum atomic E-state index is 12.5. The van der Waals surface area contributed by atoms with Crippen molar-refractivity contribution >= 4 is 39.7 Å². The first-order chi connectivity index (χ1) is 12.6. The van der Waals surface area contributed by atoms with E-state index in [1.165, 1.54) is 21.9 Å². The fourth-order valence-electron chi connectivity index (χ4n) is 3.03. The molecule has 1 unspecified atom stereocenters. The second-order valence-electron chi connectivity index (χ2n) is 6.34. The second kappa shape index (κ2) is 7.21. The van der Waals surface area contributed by atoms with Crippen LogP contribution in [0.2, 0.25) is 0 Å². The standard InChI is InChI=1S/C20H20N2O2S2/c1-13-7-8-15(24-13)11-21-20(23)18-9-10-19(26-18)22-12-14(2)25-17-6-4-3-5-16(17)22/h3-10,14H,11-12H2,1-2H3,(H,21,23). The van der Waals surface area contributed by atoms with Gasteiger partial charge in [-0.3, -0.25) is 4.79 Å². The van der Waals surface area contributed by atoms with Crippen molar-refractivity contribution < 1.29 is 9.21 Å². The number of fused-ring (bicyclic) bond motifs is 1. The van der Waals surface area contributed by atoms with Gasteiger partial charge in [0.15, 0.2) is 0 Å². The minimum atomic E-state index is -0.0666. The number of benzene rings is 1. The first-order valence-corrected chi connectivity index (χ1v) is 10.3. The third kappa shape index (κ3) is 3.52. The first kappa shape index (κ1) is 17.2. The lowest BCUT2D eigenvalue weighted by Crippen LogP contribution is -2.28. The number of hydrogen-bond acceptors (Lipinski definition) is 5. The number of nitrogens with one attached hydrogen (secondary N) is 1. The summed E-state index contributed by atoms with van der Waals surface area (Å²) >= 11 is 3.43. The summed E-state index contributed by atoms with van der Waals surface area (Å²) in [5.41, 5.74) is 1.22. The summed E-state index contributed by atoms with van der Waals surface area (Å²) in [4.78, 5) is 16.8. The van der Waals surface area contributed by atoms with Gasteiger partial charge < -0.3 is 14.6 Å². The third-order valence-electron chi connectivity index (χ3n) is 4.22. The highest BCUT2D eigenvalue weighted by atomic mass is 32.2. The Labute approximate surface area is 161 Å². The quantitative estimate of drug-likeness (QED) is 0.670. The summed E-state index contributed by atoms with van der Waals surface area (Å²) in [5.74, 6) is 1.55. The molecule has 1 aromatic carbocycles. The number of para-hydroxylation sites is 1. The maximum Gasteiger partial charge on any atom is 0.261 e. The van der Waals surface area contributed by atoms with Gasteiger partial charge in [-0.25, -0.2) is 0 Å². The number of hydrogen-bond donors (Lipinski definition) is 1. The van der Waals surface area contributed by atoms with Crippen LogP contribution in [0.4, 0.5) is 10.7 Å². The molecular formula is C20H20N2O2S2. The highest BCUT2D eigenvalue weighted by molar-refractivity contribution is 8.00. The number of nitrogens with zero attached hydrogens (tertiary/aromatic N) is 1. The molecule has 0 bridgehead atoms. The highest BCUT2D eigenvalue weighted by Gasteiger charge is 2.24. The van der Waals surface area contributed by atoms with Crippen molar-refractivity contribution in [1.82, 2.24) is 5.32 Å². The van der Waals surface area contributed by atoms with Crippen molar-refractivity contribution in [3.05, 3.63) is 64.9 Å². The molecule has 26 heavy (non-hydrogen) atoms. The summed E-state index contributed by atoms with van der Waals surface area (Å²) in [6.07, 6.45) is 0. The maximum absolute atomic E-state index is 12.5. The van der Waals surface area contributed by atoms with Crippen molar-refractivity contribution in [3.8, 4) is 0 Å². The molecule has 1 N–H and O–H groups in total. The van der Waals surface area contributed by atoms with Gasteiger partial charge in [0, 0.05) is 16.7 Å². The summed E-state index contributed by atoms with van der Waals surface area (Å²) in [5, 5.41) is 4.53. The molecule has 0 saturated heterocycles. The topological polar surface area (TPSA) is 45.5 Å². The van der Waals surface area contributed by atoms with Crippen LogP contribution in [0.3, 0.4) is 0 Å². The second-order valence-corrected chi connectivity index (χ2v) is 8.88. The first-order valence-electron chi connectivity index (χ1n) is 8.57. The van der Waals surface area contributed by atoms with Crippen molar-refractivity contribution in [2.75, 3.05) is 11.4 Å². The number of thiophene rings is 1. The highest BCUT2D eigenvalue weighted by Crippen LogP contribution is 2.43. The Morgan fingerprint density at radius 1 is 1.23 bits per heavy atom. The molecule has 134 valence electrons. The zero-order valence-electron chi connectivity index (χ0n) is 14.7. The predicted molar refractivity (Wildman–Crippen MR) is 108 cm³/mol.